The van der Waals surface area contributed by atoms with Crippen LogP contribution in [0, 0.1) is 0 Å². The number of aromatic carboxylic acids is 1. The molecule has 0 saturated heterocycles. The highest BCUT2D eigenvalue weighted by molar-refractivity contribution is 8.18. The van der Waals surface area contributed by atoms with Crippen LogP contribution in [-0.2, 0) is 4.79 Å². The fourth-order valence-electron chi connectivity index (χ4n) is 2.19. The van der Waals surface area contributed by atoms with Gasteiger partial charge in [-0.05, 0) is 42.1 Å². The lowest BCUT2D eigenvalue weighted by atomic mass is 10.1. The van der Waals surface area contributed by atoms with Gasteiger partial charge in [0.2, 0.25) is 0 Å². The van der Waals surface area contributed by atoms with Crippen molar-refractivity contribution in [1.29, 1.82) is 0 Å². The first-order chi connectivity index (χ1) is 11.6. The lowest BCUT2D eigenvalue weighted by Crippen LogP contribution is -2.24. The number of para-hydroxylation sites is 1. The van der Waals surface area contributed by atoms with Crippen LogP contribution in [0.5, 0.6) is 0 Å². The standard InChI is InChI=1S/C17H13N3O3S/c1-20(13-8-3-2-7-12(13)16(22)23)17-19-15(21)14(24-17)10-11-6-4-5-9-18-11/h2-10H,1H3,(H,22,23)/b14-10-. The van der Waals surface area contributed by atoms with Gasteiger partial charge in [0.15, 0.2) is 5.17 Å². The second-order valence-electron chi connectivity index (χ2n) is 4.95. The van der Waals surface area contributed by atoms with E-state index in [0.717, 1.165) is 0 Å². The van der Waals surface area contributed by atoms with E-state index in [4.69, 9.17) is 0 Å². The molecule has 6 nitrogen and oxygen atoms in total. The number of nitrogens with zero attached hydrogens (tertiary/aromatic N) is 3. The summed E-state index contributed by atoms with van der Waals surface area (Å²) in [6.07, 6.45) is 3.31. The molecule has 0 saturated carbocycles. The van der Waals surface area contributed by atoms with E-state index in [2.05, 4.69) is 9.98 Å². The van der Waals surface area contributed by atoms with Crippen molar-refractivity contribution in [3.8, 4) is 0 Å². The Morgan fingerprint density at radius 2 is 1.96 bits per heavy atom. The number of pyridine rings is 1. The maximum absolute atomic E-state index is 12.1. The third-order valence-corrected chi connectivity index (χ3v) is 4.42. The number of amidine groups is 1. The van der Waals surface area contributed by atoms with Crippen LogP contribution in [0.3, 0.4) is 0 Å². The molecule has 0 radical (unpaired) electrons. The highest BCUT2D eigenvalue weighted by Crippen LogP contribution is 2.32. The highest BCUT2D eigenvalue weighted by Gasteiger charge is 2.27. The first kappa shape index (κ1) is 15.9. The van der Waals surface area contributed by atoms with Gasteiger partial charge in [-0.2, -0.15) is 4.99 Å². The number of aromatic nitrogens is 1. The van der Waals surface area contributed by atoms with E-state index in [1.54, 1.807) is 54.6 Å². The molecule has 0 bridgehead atoms. The number of anilines is 1. The van der Waals surface area contributed by atoms with Gasteiger partial charge in [-0.3, -0.25) is 9.78 Å². The summed E-state index contributed by atoms with van der Waals surface area (Å²) in [6, 6.07) is 12.0. The second-order valence-corrected chi connectivity index (χ2v) is 5.96. The van der Waals surface area contributed by atoms with E-state index in [1.165, 1.54) is 17.8 Å². The number of carboxylic acids is 1. The van der Waals surface area contributed by atoms with E-state index < -0.39 is 5.97 Å². The summed E-state index contributed by atoms with van der Waals surface area (Å²) in [7, 11) is 1.69. The number of carboxylic acid groups (broad SMARTS) is 1. The summed E-state index contributed by atoms with van der Waals surface area (Å²) >= 11 is 1.19. The van der Waals surface area contributed by atoms with Crippen molar-refractivity contribution in [2.24, 2.45) is 4.99 Å². The topological polar surface area (TPSA) is 82.9 Å². The van der Waals surface area contributed by atoms with Crippen molar-refractivity contribution in [2.75, 3.05) is 11.9 Å². The molecule has 1 aliphatic heterocycles. The Kier molecular flexibility index (Phi) is 4.43. The van der Waals surface area contributed by atoms with E-state index in [1.807, 2.05) is 6.07 Å². The summed E-state index contributed by atoms with van der Waals surface area (Å²) in [5.41, 5.74) is 1.29. The fraction of sp³-hybridized carbons (Fsp3) is 0.0588. The molecule has 120 valence electrons. The molecule has 1 aliphatic rings. The minimum atomic E-state index is -1.03. The van der Waals surface area contributed by atoms with Gasteiger partial charge in [0.05, 0.1) is 21.8 Å². The minimum absolute atomic E-state index is 0.151. The van der Waals surface area contributed by atoms with Crippen molar-refractivity contribution < 1.29 is 14.7 Å². The molecule has 1 N–H and O–H groups in total. The van der Waals surface area contributed by atoms with E-state index in [-0.39, 0.29) is 11.5 Å². The summed E-state index contributed by atoms with van der Waals surface area (Å²) in [4.78, 5) is 33.7. The molecule has 0 atom stereocenters. The Hall–Kier alpha value is -2.93. The molecule has 0 spiro atoms. The smallest absolute Gasteiger partial charge is 0.337 e. The van der Waals surface area contributed by atoms with Crippen molar-refractivity contribution in [1.82, 2.24) is 4.98 Å². The Balaban J connectivity index is 1.87. The number of hydrogen-bond acceptors (Lipinski definition) is 5. The lowest BCUT2D eigenvalue weighted by molar-refractivity contribution is -0.113. The van der Waals surface area contributed by atoms with Crippen molar-refractivity contribution in [3.05, 3.63) is 64.8 Å². The molecular weight excluding hydrogens is 326 g/mol. The molecule has 0 unspecified atom stereocenters. The van der Waals surface area contributed by atoms with Gasteiger partial charge in [0.1, 0.15) is 0 Å². The zero-order chi connectivity index (χ0) is 17.1. The quantitative estimate of drug-likeness (QED) is 0.866. The van der Waals surface area contributed by atoms with Crippen LogP contribution in [-0.4, -0.2) is 34.2 Å². The van der Waals surface area contributed by atoms with Crippen molar-refractivity contribution in [2.45, 2.75) is 0 Å². The Bertz CT molecular complexity index is 862. The van der Waals surface area contributed by atoms with E-state index >= 15 is 0 Å². The number of benzene rings is 1. The van der Waals surface area contributed by atoms with Gasteiger partial charge in [0.25, 0.3) is 5.91 Å². The highest BCUT2D eigenvalue weighted by atomic mass is 32.2. The van der Waals surface area contributed by atoms with Gasteiger partial charge in [-0.1, -0.05) is 18.2 Å². The van der Waals surface area contributed by atoms with Crippen LogP contribution in [0.15, 0.2) is 58.6 Å². The first-order valence-electron chi connectivity index (χ1n) is 7.06. The van der Waals surface area contributed by atoms with Gasteiger partial charge in [-0.25, -0.2) is 4.79 Å². The van der Waals surface area contributed by atoms with Crippen LogP contribution in [0.2, 0.25) is 0 Å². The Morgan fingerprint density at radius 3 is 2.67 bits per heavy atom. The number of carbonyl (C=O) groups excluding carboxylic acids is 1. The number of thioether (sulfide) groups is 1. The first-order valence-corrected chi connectivity index (χ1v) is 7.87. The third kappa shape index (κ3) is 3.21. The molecule has 7 heteroatoms. The zero-order valence-corrected chi connectivity index (χ0v) is 13.5. The molecule has 2 heterocycles. The average Bonchev–Trinajstić information content (AvgIpc) is 2.96. The van der Waals surface area contributed by atoms with E-state index in [9.17, 15) is 14.7 Å². The minimum Gasteiger partial charge on any atom is -0.478 e. The maximum atomic E-state index is 12.1. The van der Waals surface area contributed by atoms with Crippen molar-refractivity contribution in [3.63, 3.8) is 0 Å². The molecule has 0 aliphatic carbocycles. The normalized spacial score (nSPS) is 15.5. The third-order valence-electron chi connectivity index (χ3n) is 3.36. The monoisotopic (exact) mass is 339 g/mol. The maximum Gasteiger partial charge on any atom is 0.337 e. The van der Waals surface area contributed by atoms with Gasteiger partial charge < -0.3 is 10.0 Å². The number of carbonyl (C=O) groups is 2. The van der Waals surface area contributed by atoms with Gasteiger partial charge >= 0.3 is 5.97 Å². The predicted octanol–water partition coefficient (Wildman–Crippen LogP) is 2.89. The number of hydrogen-bond donors (Lipinski definition) is 1. The average molecular weight is 339 g/mol. The zero-order valence-electron chi connectivity index (χ0n) is 12.7. The van der Waals surface area contributed by atoms with Gasteiger partial charge in [-0.15, -0.1) is 0 Å². The van der Waals surface area contributed by atoms with Crippen LogP contribution in [0.4, 0.5) is 5.69 Å². The van der Waals surface area contributed by atoms with Crippen LogP contribution in [0.1, 0.15) is 16.1 Å². The summed E-state index contributed by atoms with van der Waals surface area (Å²) in [5, 5.41) is 9.72. The molecule has 24 heavy (non-hydrogen) atoms. The number of aliphatic imine (C=N–C) groups is 1. The van der Waals surface area contributed by atoms with Crippen LogP contribution >= 0.6 is 11.8 Å². The summed E-state index contributed by atoms with van der Waals surface area (Å²) in [6.45, 7) is 0. The molecule has 3 rings (SSSR count). The number of rotatable bonds is 3. The predicted molar refractivity (Wildman–Crippen MR) is 94.1 cm³/mol. The van der Waals surface area contributed by atoms with E-state index in [0.29, 0.717) is 21.5 Å². The fourth-order valence-corrected chi connectivity index (χ4v) is 3.06. The molecule has 0 fully saturated rings. The molecule has 1 aromatic carbocycles. The Labute approximate surface area is 142 Å². The molecule has 1 amide bonds. The van der Waals surface area contributed by atoms with Gasteiger partial charge in [0, 0.05) is 13.2 Å². The lowest BCUT2D eigenvalue weighted by Gasteiger charge is -2.19. The van der Waals surface area contributed by atoms with Crippen molar-refractivity contribution >= 4 is 40.6 Å². The van der Waals surface area contributed by atoms with Crippen LogP contribution in [0.25, 0.3) is 6.08 Å². The summed E-state index contributed by atoms with van der Waals surface area (Å²) in [5.74, 6) is -1.39. The van der Waals surface area contributed by atoms with Crippen LogP contribution < -0.4 is 4.90 Å². The number of amides is 1. The molecule has 1 aromatic heterocycles. The molecule has 2 aromatic rings. The largest absolute Gasteiger partial charge is 0.478 e. The second kappa shape index (κ2) is 6.67. The molecular formula is C17H13N3O3S. The Morgan fingerprint density at radius 1 is 1.21 bits per heavy atom. The summed E-state index contributed by atoms with van der Waals surface area (Å²) < 4.78 is 0. The SMILES string of the molecule is CN(C1=NC(=O)/C(=C/c2ccccn2)S1)c1ccccc1C(=O)O.